The molecule has 0 aliphatic heterocycles. The number of carbonyl (C=O) groups is 1. The summed E-state index contributed by atoms with van der Waals surface area (Å²) >= 11 is 3.26. The zero-order chi connectivity index (χ0) is 13.7. The molecule has 0 aliphatic carbocycles. The molecule has 0 atom stereocenters. The van der Waals surface area contributed by atoms with Gasteiger partial charge >= 0.3 is 5.97 Å². The van der Waals surface area contributed by atoms with Gasteiger partial charge in [-0.25, -0.2) is 10.2 Å². The molecular formula is C14H13BrN2O2. The monoisotopic (exact) mass is 320 g/mol. The molecule has 0 unspecified atom stereocenters. The Bertz CT molecular complexity index is 573. The lowest BCUT2D eigenvalue weighted by Gasteiger charge is -2.11. The molecule has 4 nitrogen and oxygen atoms in total. The molecule has 0 heterocycles. The highest BCUT2D eigenvalue weighted by molar-refractivity contribution is 9.10. The Hall–Kier alpha value is -1.85. The Balaban J connectivity index is 2.04. The van der Waals surface area contributed by atoms with Crippen LogP contribution < -0.4 is 10.9 Å². The van der Waals surface area contributed by atoms with E-state index >= 15 is 0 Å². The number of para-hydroxylation sites is 1. The number of carboxylic acid groups (broad SMARTS) is 1. The quantitative estimate of drug-likeness (QED) is 0.740. The van der Waals surface area contributed by atoms with Gasteiger partial charge in [-0.15, -0.1) is 0 Å². The molecule has 0 spiro atoms. The summed E-state index contributed by atoms with van der Waals surface area (Å²) in [6, 6.07) is 14.9. The molecule has 2 aromatic rings. The van der Waals surface area contributed by atoms with Crippen molar-refractivity contribution in [1.29, 1.82) is 0 Å². The molecule has 2 aromatic carbocycles. The fourth-order valence-corrected chi connectivity index (χ4v) is 2.30. The third-order valence-electron chi connectivity index (χ3n) is 2.60. The van der Waals surface area contributed by atoms with Crippen LogP contribution in [-0.4, -0.2) is 11.1 Å². The van der Waals surface area contributed by atoms with Gasteiger partial charge in [-0.05, 0) is 39.7 Å². The minimum atomic E-state index is -0.941. The SMILES string of the molecule is O=C(O)c1c(Br)cccc1CNNc1ccccc1. The zero-order valence-electron chi connectivity index (χ0n) is 10.1. The lowest BCUT2D eigenvalue weighted by atomic mass is 10.1. The van der Waals surface area contributed by atoms with Crippen LogP contribution in [0.5, 0.6) is 0 Å². The predicted molar refractivity (Wildman–Crippen MR) is 78.0 cm³/mol. The van der Waals surface area contributed by atoms with Crippen molar-refractivity contribution < 1.29 is 9.90 Å². The zero-order valence-corrected chi connectivity index (χ0v) is 11.6. The normalized spacial score (nSPS) is 10.2. The van der Waals surface area contributed by atoms with Gasteiger partial charge in [0.1, 0.15) is 0 Å². The Morgan fingerprint density at radius 2 is 1.84 bits per heavy atom. The highest BCUT2D eigenvalue weighted by Crippen LogP contribution is 2.20. The molecule has 0 saturated carbocycles. The number of halogens is 1. The van der Waals surface area contributed by atoms with Gasteiger partial charge in [0.05, 0.1) is 5.56 Å². The predicted octanol–water partition coefficient (Wildman–Crippen LogP) is 3.26. The lowest BCUT2D eigenvalue weighted by molar-refractivity contribution is 0.0694. The van der Waals surface area contributed by atoms with Crippen LogP contribution in [0.2, 0.25) is 0 Å². The fourth-order valence-electron chi connectivity index (χ4n) is 1.72. The van der Waals surface area contributed by atoms with Crippen LogP contribution in [0.3, 0.4) is 0 Å². The van der Waals surface area contributed by atoms with Crippen molar-refractivity contribution in [3.63, 3.8) is 0 Å². The molecule has 3 N–H and O–H groups in total. The van der Waals surface area contributed by atoms with E-state index in [1.807, 2.05) is 36.4 Å². The van der Waals surface area contributed by atoms with Gasteiger partial charge in [-0.2, -0.15) is 0 Å². The maximum atomic E-state index is 11.2. The van der Waals surface area contributed by atoms with Crippen LogP contribution >= 0.6 is 15.9 Å². The molecule has 2 rings (SSSR count). The minimum absolute atomic E-state index is 0.282. The molecule has 98 valence electrons. The number of aromatic carboxylic acids is 1. The lowest BCUT2D eigenvalue weighted by Crippen LogP contribution is -2.22. The first-order valence-electron chi connectivity index (χ1n) is 5.73. The number of benzene rings is 2. The van der Waals surface area contributed by atoms with Crippen molar-refractivity contribution in [2.45, 2.75) is 6.54 Å². The van der Waals surface area contributed by atoms with Crippen molar-refractivity contribution in [2.24, 2.45) is 0 Å². The van der Waals surface area contributed by atoms with E-state index in [1.54, 1.807) is 12.1 Å². The molecule has 0 amide bonds. The first-order chi connectivity index (χ1) is 9.18. The maximum Gasteiger partial charge on any atom is 0.337 e. The Kier molecular flexibility index (Phi) is 4.54. The van der Waals surface area contributed by atoms with Gasteiger partial charge < -0.3 is 10.5 Å². The van der Waals surface area contributed by atoms with Gasteiger partial charge in [0, 0.05) is 16.7 Å². The number of carboxylic acids is 1. The molecule has 0 fully saturated rings. The van der Waals surface area contributed by atoms with Gasteiger partial charge in [0.25, 0.3) is 0 Å². The van der Waals surface area contributed by atoms with Crippen molar-refractivity contribution in [2.75, 3.05) is 5.43 Å². The Morgan fingerprint density at radius 1 is 1.11 bits per heavy atom. The van der Waals surface area contributed by atoms with Crippen LogP contribution in [0.1, 0.15) is 15.9 Å². The van der Waals surface area contributed by atoms with E-state index in [4.69, 9.17) is 0 Å². The largest absolute Gasteiger partial charge is 0.478 e. The molecule has 0 radical (unpaired) electrons. The molecule has 0 aliphatic rings. The Labute approximate surface area is 119 Å². The fraction of sp³-hybridized carbons (Fsp3) is 0.0714. The summed E-state index contributed by atoms with van der Waals surface area (Å²) in [5.74, 6) is -0.941. The van der Waals surface area contributed by atoms with Gasteiger partial charge in [0.15, 0.2) is 0 Å². The summed E-state index contributed by atoms with van der Waals surface area (Å²) in [6.07, 6.45) is 0. The number of hydrogen-bond acceptors (Lipinski definition) is 3. The summed E-state index contributed by atoms with van der Waals surface area (Å²) < 4.78 is 0.582. The van der Waals surface area contributed by atoms with E-state index in [0.717, 1.165) is 5.69 Å². The van der Waals surface area contributed by atoms with Crippen molar-refractivity contribution in [1.82, 2.24) is 5.43 Å². The summed E-state index contributed by atoms with van der Waals surface area (Å²) in [6.45, 7) is 0.413. The second-order valence-electron chi connectivity index (χ2n) is 3.92. The number of hydrazine groups is 1. The number of anilines is 1. The third-order valence-corrected chi connectivity index (χ3v) is 3.26. The highest BCUT2D eigenvalue weighted by atomic mass is 79.9. The van der Waals surface area contributed by atoms with Crippen LogP contribution in [0.15, 0.2) is 53.0 Å². The molecule has 5 heteroatoms. The molecule has 0 aromatic heterocycles. The second kappa shape index (κ2) is 6.36. The number of rotatable bonds is 5. The Morgan fingerprint density at radius 3 is 2.53 bits per heavy atom. The van der Waals surface area contributed by atoms with E-state index in [1.165, 1.54) is 0 Å². The first kappa shape index (κ1) is 13.6. The summed E-state index contributed by atoms with van der Waals surface area (Å²) in [4.78, 5) is 11.2. The molecule has 0 bridgehead atoms. The average Bonchev–Trinajstić information content (AvgIpc) is 2.39. The summed E-state index contributed by atoms with van der Waals surface area (Å²) in [5.41, 5.74) is 7.95. The maximum absolute atomic E-state index is 11.2. The summed E-state index contributed by atoms with van der Waals surface area (Å²) in [7, 11) is 0. The van der Waals surface area contributed by atoms with Crippen LogP contribution in [0, 0.1) is 0 Å². The van der Waals surface area contributed by atoms with E-state index in [-0.39, 0.29) is 5.56 Å². The molecular weight excluding hydrogens is 308 g/mol. The number of nitrogens with one attached hydrogen (secondary N) is 2. The third kappa shape index (κ3) is 3.56. The topological polar surface area (TPSA) is 61.4 Å². The van der Waals surface area contributed by atoms with Crippen molar-refractivity contribution in [3.05, 3.63) is 64.1 Å². The van der Waals surface area contributed by atoms with Crippen LogP contribution in [0.4, 0.5) is 5.69 Å². The minimum Gasteiger partial charge on any atom is -0.478 e. The van der Waals surface area contributed by atoms with Crippen LogP contribution in [0.25, 0.3) is 0 Å². The van der Waals surface area contributed by atoms with Gasteiger partial charge in [-0.3, -0.25) is 0 Å². The van der Waals surface area contributed by atoms with E-state index in [9.17, 15) is 9.90 Å². The number of hydrogen-bond donors (Lipinski definition) is 3. The highest BCUT2D eigenvalue weighted by Gasteiger charge is 2.13. The first-order valence-corrected chi connectivity index (χ1v) is 6.52. The average molecular weight is 321 g/mol. The van der Waals surface area contributed by atoms with Crippen molar-refractivity contribution in [3.8, 4) is 0 Å². The van der Waals surface area contributed by atoms with E-state index in [2.05, 4.69) is 26.8 Å². The summed E-state index contributed by atoms with van der Waals surface area (Å²) in [5, 5.41) is 9.18. The van der Waals surface area contributed by atoms with Crippen molar-refractivity contribution >= 4 is 27.6 Å². The van der Waals surface area contributed by atoms with E-state index in [0.29, 0.717) is 16.6 Å². The second-order valence-corrected chi connectivity index (χ2v) is 4.78. The van der Waals surface area contributed by atoms with E-state index < -0.39 is 5.97 Å². The standard InChI is InChI=1S/C14H13BrN2O2/c15-12-8-4-5-10(13(12)14(18)19)9-16-17-11-6-2-1-3-7-11/h1-8,16-17H,9H2,(H,18,19). The molecule has 0 saturated heterocycles. The smallest absolute Gasteiger partial charge is 0.337 e. The van der Waals surface area contributed by atoms with Gasteiger partial charge in [0.2, 0.25) is 0 Å². The van der Waals surface area contributed by atoms with Gasteiger partial charge in [-0.1, -0.05) is 30.3 Å². The molecule has 19 heavy (non-hydrogen) atoms. The van der Waals surface area contributed by atoms with Crippen LogP contribution in [-0.2, 0) is 6.54 Å².